The Morgan fingerprint density at radius 1 is 1.14 bits per heavy atom. The Hall–Kier alpha value is -0.370. The number of Topliss-reactive ketones (excluding diaryl/α,β-unsaturated/α-hetero) is 1. The largest absolute Gasteiger partial charge is 0.370 e. The van der Waals surface area contributed by atoms with E-state index in [9.17, 15) is 4.79 Å². The molecule has 0 bridgehead atoms. The minimum Gasteiger partial charge on any atom is -0.370 e. The van der Waals surface area contributed by atoms with Crippen molar-refractivity contribution >= 4 is 5.78 Å². The summed E-state index contributed by atoms with van der Waals surface area (Å²) in [5, 5.41) is 0. The molecule has 0 rings (SSSR count). The molecule has 0 fully saturated rings. The van der Waals surface area contributed by atoms with Crippen LogP contribution in [-0.2, 0) is 9.53 Å². The molecule has 0 heterocycles. The summed E-state index contributed by atoms with van der Waals surface area (Å²) in [7, 11) is 0. The van der Waals surface area contributed by atoms with E-state index in [1.165, 1.54) is 12.8 Å². The SMILES string of the molecule is CCCCCC(OCCC)C(=O)CC. The number of ketones is 1. The Morgan fingerprint density at radius 3 is 2.36 bits per heavy atom. The number of ether oxygens (including phenoxy) is 1. The predicted octanol–water partition coefficient (Wildman–Crippen LogP) is 3.34. The third-order valence-electron chi connectivity index (χ3n) is 2.30. The van der Waals surface area contributed by atoms with Gasteiger partial charge in [-0.1, -0.05) is 40.0 Å². The van der Waals surface area contributed by atoms with Gasteiger partial charge in [0.2, 0.25) is 0 Å². The molecule has 2 nitrogen and oxygen atoms in total. The summed E-state index contributed by atoms with van der Waals surface area (Å²) in [5.74, 6) is 0.259. The number of unbranched alkanes of at least 4 members (excludes halogenated alkanes) is 2. The molecule has 0 radical (unpaired) electrons. The van der Waals surface area contributed by atoms with Crippen molar-refractivity contribution in [2.24, 2.45) is 0 Å². The van der Waals surface area contributed by atoms with Gasteiger partial charge in [0.1, 0.15) is 6.10 Å². The van der Waals surface area contributed by atoms with Gasteiger partial charge < -0.3 is 4.74 Å². The van der Waals surface area contributed by atoms with Crippen LogP contribution in [0.2, 0.25) is 0 Å². The molecule has 14 heavy (non-hydrogen) atoms. The summed E-state index contributed by atoms with van der Waals surface area (Å²) in [5.41, 5.74) is 0. The molecule has 84 valence electrons. The van der Waals surface area contributed by atoms with Crippen LogP contribution in [0.1, 0.15) is 59.3 Å². The molecule has 0 aromatic carbocycles. The lowest BCUT2D eigenvalue weighted by Crippen LogP contribution is -2.24. The maximum Gasteiger partial charge on any atom is 0.161 e. The van der Waals surface area contributed by atoms with Gasteiger partial charge in [-0.2, -0.15) is 0 Å². The smallest absolute Gasteiger partial charge is 0.161 e. The maximum absolute atomic E-state index is 11.5. The average Bonchev–Trinajstić information content (AvgIpc) is 2.22. The minimum absolute atomic E-state index is 0.133. The molecule has 0 aliphatic rings. The van der Waals surface area contributed by atoms with Crippen LogP contribution in [0.4, 0.5) is 0 Å². The Morgan fingerprint density at radius 2 is 1.86 bits per heavy atom. The quantitative estimate of drug-likeness (QED) is 0.534. The summed E-state index contributed by atoms with van der Waals surface area (Å²) in [6.45, 7) is 6.86. The molecule has 0 aliphatic heterocycles. The zero-order valence-corrected chi connectivity index (χ0v) is 9.84. The molecule has 1 atom stereocenters. The Kier molecular flexibility index (Phi) is 8.95. The number of hydrogen-bond donors (Lipinski definition) is 0. The fourth-order valence-corrected chi connectivity index (χ4v) is 1.40. The van der Waals surface area contributed by atoms with Gasteiger partial charge >= 0.3 is 0 Å². The standard InChI is InChI=1S/C12H24O2/c1-4-7-8-9-12(11(13)6-3)14-10-5-2/h12H,4-10H2,1-3H3. The molecule has 0 spiro atoms. The first-order valence-electron chi connectivity index (χ1n) is 5.90. The fraction of sp³-hybridized carbons (Fsp3) is 0.917. The van der Waals surface area contributed by atoms with E-state index in [2.05, 4.69) is 13.8 Å². The van der Waals surface area contributed by atoms with E-state index in [1.807, 2.05) is 6.92 Å². The Bertz CT molecular complexity index is 143. The van der Waals surface area contributed by atoms with Crippen LogP contribution in [0, 0.1) is 0 Å². The molecule has 0 N–H and O–H groups in total. The van der Waals surface area contributed by atoms with Gasteiger partial charge in [-0.25, -0.2) is 0 Å². The highest BCUT2D eigenvalue weighted by Gasteiger charge is 2.15. The Labute approximate surface area is 88.0 Å². The van der Waals surface area contributed by atoms with Crippen molar-refractivity contribution in [1.29, 1.82) is 0 Å². The molecule has 0 aromatic heterocycles. The van der Waals surface area contributed by atoms with Crippen LogP contribution in [0.5, 0.6) is 0 Å². The molecule has 0 amide bonds. The highest BCUT2D eigenvalue weighted by atomic mass is 16.5. The second kappa shape index (κ2) is 9.20. The van der Waals surface area contributed by atoms with Crippen LogP contribution >= 0.6 is 0 Å². The summed E-state index contributed by atoms with van der Waals surface area (Å²) >= 11 is 0. The van der Waals surface area contributed by atoms with E-state index in [-0.39, 0.29) is 11.9 Å². The summed E-state index contributed by atoms with van der Waals surface area (Å²) in [6.07, 6.45) is 5.86. The van der Waals surface area contributed by atoms with Gasteiger partial charge in [-0.15, -0.1) is 0 Å². The zero-order valence-electron chi connectivity index (χ0n) is 9.84. The molecule has 0 aliphatic carbocycles. The van der Waals surface area contributed by atoms with Gasteiger partial charge in [0.25, 0.3) is 0 Å². The highest BCUT2D eigenvalue weighted by Crippen LogP contribution is 2.09. The molecule has 0 saturated heterocycles. The molecule has 2 heteroatoms. The second-order valence-electron chi connectivity index (χ2n) is 3.68. The van der Waals surface area contributed by atoms with Crippen molar-refractivity contribution in [2.45, 2.75) is 65.4 Å². The fourth-order valence-electron chi connectivity index (χ4n) is 1.40. The average molecular weight is 200 g/mol. The van der Waals surface area contributed by atoms with Crippen molar-refractivity contribution in [3.63, 3.8) is 0 Å². The monoisotopic (exact) mass is 200 g/mol. The van der Waals surface area contributed by atoms with Crippen molar-refractivity contribution in [2.75, 3.05) is 6.61 Å². The first kappa shape index (κ1) is 13.6. The van der Waals surface area contributed by atoms with Crippen molar-refractivity contribution in [1.82, 2.24) is 0 Å². The lowest BCUT2D eigenvalue weighted by atomic mass is 10.1. The molecule has 0 saturated carbocycles. The van der Waals surface area contributed by atoms with E-state index in [0.717, 1.165) is 19.3 Å². The molecular formula is C12H24O2. The molecule has 1 unspecified atom stereocenters. The maximum atomic E-state index is 11.5. The first-order chi connectivity index (χ1) is 6.76. The van der Waals surface area contributed by atoms with Gasteiger partial charge in [-0.3, -0.25) is 4.79 Å². The minimum atomic E-state index is -0.133. The van der Waals surface area contributed by atoms with Gasteiger partial charge in [0, 0.05) is 13.0 Å². The normalized spacial score (nSPS) is 12.8. The van der Waals surface area contributed by atoms with Crippen LogP contribution in [-0.4, -0.2) is 18.5 Å². The summed E-state index contributed by atoms with van der Waals surface area (Å²) < 4.78 is 5.54. The van der Waals surface area contributed by atoms with E-state index in [4.69, 9.17) is 4.74 Å². The van der Waals surface area contributed by atoms with Crippen LogP contribution in [0.3, 0.4) is 0 Å². The number of carbonyl (C=O) groups excluding carboxylic acids is 1. The van der Waals surface area contributed by atoms with Crippen LogP contribution in [0.25, 0.3) is 0 Å². The van der Waals surface area contributed by atoms with Crippen molar-refractivity contribution in [3.8, 4) is 0 Å². The van der Waals surface area contributed by atoms with Gasteiger partial charge in [-0.05, 0) is 12.8 Å². The third kappa shape index (κ3) is 6.14. The van der Waals surface area contributed by atoms with E-state index in [0.29, 0.717) is 13.0 Å². The summed E-state index contributed by atoms with van der Waals surface area (Å²) in [6, 6.07) is 0. The van der Waals surface area contributed by atoms with Crippen LogP contribution in [0.15, 0.2) is 0 Å². The topological polar surface area (TPSA) is 26.3 Å². The van der Waals surface area contributed by atoms with Crippen LogP contribution < -0.4 is 0 Å². The number of rotatable bonds is 9. The van der Waals surface area contributed by atoms with E-state index >= 15 is 0 Å². The first-order valence-corrected chi connectivity index (χ1v) is 5.90. The second-order valence-corrected chi connectivity index (χ2v) is 3.68. The zero-order chi connectivity index (χ0) is 10.8. The molecule has 0 aromatic rings. The molecular weight excluding hydrogens is 176 g/mol. The van der Waals surface area contributed by atoms with Gasteiger partial charge in [0.05, 0.1) is 0 Å². The number of carbonyl (C=O) groups is 1. The third-order valence-corrected chi connectivity index (χ3v) is 2.30. The predicted molar refractivity (Wildman–Crippen MR) is 59.5 cm³/mol. The van der Waals surface area contributed by atoms with E-state index < -0.39 is 0 Å². The van der Waals surface area contributed by atoms with Crippen molar-refractivity contribution < 1.29 is 9.53 Å². The van der Waals surface area contributed by atoms with Gasteiger partial charge in [0.15, 0.2) is 5.78 Å². The lowest BCUT2D eigenvalue weighted by molar-refractivity contribution is -0.130. The number of hydrogen-bond acceptors (Lipinski definition) is 2. The lowest BCUT2D eigenvalue weighted by Gasteiger charge is -2.15. The highest BCUT2D eigenvalue weighted by molar-refractivity contribution is 5.82. The van der Waals surface area contributed by atoms with Crippen molar-refractivity contribution in [3.05, 3.63) is 0 Å². The van der Waals surface area contributed by atoms with E-state index in [1.54, 1.807) is 0 Å². The summed E-state index contributed by atoms with van der Waals surface area (Å²) in [4.78, 5) is 11.5. The Balaban J connectivity index is 3.78.